The minimum absolute atomic E-state index is 0.117. The van der Waals surface area contributed by atoms with Crippen molar-refractivity contribution >= 4 is 27.5 Å². The number of halogens is 1. The Morgan fingerprint density at radius 1 is 1.17 bits per heavy atom. The van der Waals surface area contributed by atoms with Crippen LogP contribution in [-0.4, -0.2) is 23.9 Å². The zero-order valence-corrected chi connectivity index (χ0v) is 15.6. The van der Waals surface area contributed by atoms with Gasteiger partial charge in [-0.05, 0) is 68.2 Å². The van der Waals surface area contributed by atoms with Crippen molar-refractivity contribution in [2.24, 2.45) is 5.92 Å². The fraction of sp³-hybridized carbons (Fsp3) is 0.350. The molecule has 1 amide bonds. The number of likely N-dealkylation sites (tertiary alicyclic amines) is 1. The highest BCUT2D eigenvalue weighted by Crippen LogP contribution is 2.22. The maximum absolute atomic E-state index is 12.4. The summed E-state index contributed by atoms with van der Waals surface area (Å²) in [4.78, 5) is 14.9. The molecule has 2 aromatic carbocycles. The average Bonchev–Trinajstić information content (AvgIpc) is 2.57. The third-order valence-electron chi connectivity index (χ3n) is 4.56. The first kappa shape index (κ1) is 17.2. The van der Waals surface area contributed by atoms with Crippen molar-refractivity contribution in [1.82, 2.24) is 4.90 Å². The highest BCUT2D eigenvalue weighted by Gasteiger charge is 2.25. The van der Waals surface area contributed by atoms with Gasteiger partial charge in [0.2, 0.25) is 5.91 Å². The van der Waals surface area contributed by atoms with Gasteiger partial charge in [0.1, 0.15) is 0 Å². The fourth-order valence-electron chi connectivity index (χ4n) is 3.17. The van der Waals surface area contributed by atoms with Gasteiger partial charge in [0, 0.05) is 22.6 Å². The van der Waals surface area contributed by atoms with Crippen LogP contribution in [0.1, 0.15) is 24.0 Å². The van der Waals surface area contributed by atoms with E-state index in [2.05, 4.69) is 50.4 Å². The number of hydrogen-bond acceptors (Lipinski definition) is 2. The minimum Gasteiger partial charge on any atom is -0.326 e. The minimum atomic E-state index is 0.117. The second-order valence-corrected chi connectivity index (χ2v) is 7.45. The molecular formula is C20H23BrN2O. The Labute approximate surface area is 152 Å². The molecule has 1 heterocycles. The molecule has 24 heavy (non-hydrogen) atoms. The summed E-state index contributed by atoms with van der Waals surface area (Å²) in [7, 11) is 0. The number of nitrogens with zero attached hydrogens (tertiary/aromatic N) is 1. The van der Waals surface area contributed by atoms with E-state index in [0.29, 0.717) is 0 Å². The molecule has 0 saturated carbocycles. The summed E-state index contributed by atoms with van der Waals surface area (Å²) in [5.74, 6) is 0.274. The Morgan fingerprint density at radius 3 is 2.54 bits per heavy atom. The molecule has 0 bridgehead atoms. The number of benzene rings is 2. The van der Waals surface area contributed by atoms with E-state index in [4.69, 9.17) is 0 Å². The number of aryl methyl sites for hydroxylation is 1. The van der Waals surface area contributed by atoms with Crippen molar-refractivity contribution in [2.45, 2.75) is 26.3 Å². The lowest BCUT2D eigenvalue weighted by Crippen LogP contribution is -2.37. The summed E-state index contributed by atoms with van der Waals surface area (Å²) < 4.78 is 1.11. The molecule has 0 radical (unpaired) electrons. The standard InChI is InChI=1S/C20H23BrN2O/c1-15-3-2-4-19(13-15)22-20(24)17-9-11-23(12-10-17)14-16-5-7-18(21)8-6-16/h2-8,13,17H,9-12,14H2,1H3,(H,22,24). The fourth-order valence-corrected chi connectivity index (χ4v) is 3.43. The topological polar surface area (TPSA) is 32.3 Å². The first-order chi connectivity index (χ1) is 11.6. The molecule has 1 saturated heterocycles. The van der Waals surface area contributed by atoms with Crippen molar-refractivity contribution in [1.29, 1.82) is 0 Å². The Hall–Kier alpha value is -1.65. The van der Waals surface area contributed by atoms with E-state index in [1.54, 1.807) is 0 Å². The number of nitrogens with one attached hydrogen (secondary N) is 1. The van der Waals surface area contributed by atoms with Crippen molar-refractivity contribution in [3.8, 4) is 0 Å². The van der Waals surface area contributed by atoms with Crippen molar-refractivity contribution in [2.75, 3.05) is 18.4 Å². The van der Waals surface area contributed by atoms with E-state index in [1.807, 2.05) is 31.2 Å². The van der Waals surface area contributed by atoms with Gasteiger partial charge < -0.3 is 5.32 Å². The second kappa shape index (κ2) is 7.95. The number of amides is 1. The molecule has 1 aliphatic heterocycles. The quantitative estimate of drug-likeness (QED) is 0.831. The van der Waals surface area contributed by atoms with E-state index in [9.17, 15) is 4.79 Å². The van der Waals surface area contributed by atoms with Crippen LogP contribution >= 0.6 is 15.9 Å². The lowest BCUT2D eigenvalue weighted by atomic mass is 9.95. The van der Waals surface area contributed by atoms with Crippen LogP contribution in [0.3, 0.4) is 0 Å². The molecule has 3 nitrogen and oxygen atoms in total. The maximum atomic E-state index is 12.4. The highest BCUT2D eigenvalue weighted by molar-refractivity contribution is 9.10. The van der Waals surface area contributed by atoms with Crippen molar-refractivity contribution in [3.05, 3.63) is 64.1 Å². The van der Waals surface area contributed by atoms with E-state index < -0.39 is 0 Å². The summed E-state index contributed by atoms with van der Waals surface area (Å²) in [6, 6.07) is 16.5. The van der Waals surface area contributed by atoms with Crippen molar-refractivity contribution in [3.63, 3.8) is 0 Å². The summed E-state index contributed by atoms with van der Waals surface area (Å²) >= 11 is 3.47. The Balaban J connectivity index is 1.49. The first-order valence-electron chi connectivity index (χ1n) is 8.44. The number of anilines is 1. The lowest BCUT2D eigenvalue weighted by molar-refractivity contribution is -0.121. The monoisotopic (exact) mass is 386 g/mol. The molecule has 126 valence electrons. The average molecular weight is 387 g/mol. The number of hydrogen-bond donors (Lipinski definition) is 1. The van der Waals surface area contributed by atoms with E-state index in [-0.39, 0.29) is 11.8 Å². The van der Waals surface area contributed by atoms with E-state index in [1.165, 1.54) is 5.56 Å². The molecule has 0 aromatic heterocycles. The number of carbonyl (C=O) groups excluding carboxylic acids is 1. The van der Waals surface area contributed by atoms with Gasteiger partial charge in [-0.2, -0.15) is 0 Å². The van der Waals surface area contributed by atoms with Crippen LogP contribution in [0.15, 0.2) is 53.0 Å². The van der Waals surface area contributed by atoms with E-state index in [0.717, 1.165) is 48.2 Å². The molecule has 1 fully saturated rings. The summed E-state index contributed by atoms with van der Waals surface area (Å²) in [5.41, 5.74) is 3.38. The molecule has 1 N–H and O–H groups in total. The molecule has 0 aliphatic carbocycles. The lowest BCUT2D eigenvalue weighted by Gasteiger charge is -2.31. The van der Waals surface area contributed by atoms with Crippen LogP contribution in [0.25, 0.3) is 0 Å². The van der Waals surface area contributed by atoms with Gasteiger partial charge in [-0.1, -0.05) is 40.2 Å². The van der Waals surface area contributed by atoms with Gasteiger partial charge in [0.25, 0.3) is 0 Å². The maximum Gasteiger partial charge on any atom is 0.227 e. The Kier molecular flexibility index (Phi) is 5.69. The van der Waals surface area contributed by atoms with Gasteiger partial charge in [-0.25, -0.2) is 0 Å². The number of rotatable bonds is 4. The molecular weight excluding hydrogens is 364 g/mol. The normalized spacial score (nSPS) is 16.1. The van der Waals surface area contributed by atoms with Crippen LogP contribution in [0.5, 0.6) is 0 Å². The van der Waals surface area contributed by atoms with Crippen LogP contribution in [0, 0.1) is 12.8 Å². The van der Waals surface area contributed by atoms with Crippen LogP contribution in [0.4, 0.5) is 5.69 Å². The molecule has 1 aliphatic rings. The number of carbonyl (C=O) groups is 1. The van der Waals surface area contributed by atoms with E-state index >= 15 is 0 Å². The molecule has 0 spiro atoms. The van der Waals surface area contributed by atoms with Gasteiger partial charge in [-0.15, -0.1) is 0 Å². The first-order valence-corrected chi connectivity index (χ1v) is 9.24. The summed E-state index contributed by atoms with van der Waals surface area (Å²) in [6.07, 6.45) is 1.85. The van der Waals surface area contributed by atoms with Crippen LogP contribution < -0.4 is 5.32 Å². The zero-order chi connectivity index (χ0) is 16.9. The third kappa shape index (κ3) is 4.68. The van der Waals surface area contributed by atoms with Gasteiger partial charge in [0.15, 0.2) is 0 Å². The van der Waals surface area contributed by atoms with Gasteiger partial charge in [-0.3, -0.25) is 9.69 Å². The van der Waals surface area contributed by atoms with Crippen LogP contribution in [0.2, 0.25) is 0 Å². The van der Waals surface area contributed by atoms with Gasteiger partial charge in [0.05, 0.1) is 0 Å². The van der Waals surface area contributed by atoms with Crippen molar-refractivity contribution < 1.29 is 4.79 Å². The summed E-state index contributed by atoms with van der Waals surface area (Å²) in [5, 5.41) is 3.06. The highest BCUT2D eigenvalue weighted by atomic mass is 79.9. The SMILES string of the molecule is Cc1cccc(NC(=O)C2CCN(Cc3ccc(Br)cc3)CC2)c1. The third-order valence-corrected chi connectivity index (χ3v) is 5.09. The predicted molar refractivity (Wildman–Crippen MR) is 102 cm³/mol. The molecule has 0 unspecified atom stereocenters. The molecule has 2 aromatic rings. The van der Waals surface area contributed by atoms with Crippen LogP contribution in [-0.2, 0) is 11.3 Å². The molecule has 3 rings (SSSR count). The predicted octanol–water partition coefficient (Wildman–Crippen LogP) is 4.61. The molecule has 4 heteroatoms. The number of piperidine rings is 1. The van der Waals surface area contributed by atoms with Gasteiger partial charge >= 0.3 is 0 Å². The zero-order valence-electron chi connectivity index (χ0n) is 14.0. The smallest absolute Gasteiger partial charge is 0.227 e. The largest absolute Gasteiger partial charge is 0.326 e. The Morgan fingerprint density at radius 2 is 1.88 bits per heavy atom. The molecule has 0 atom stereocenters. The Bertz CT molecular complexity index is 691. The second-order valence-electron chi connectivity index (χ2n) is 6.54. The summed E-state index contributed by atoms with van der Waals surface area (Å²) in [6.45, 7) is 4.94.